The van der Waals surface area contributed by atoms with Crippen LogP contribution in [0.25, 0.3) is 5.70 Å². The van der Waals surface area contributed by atoms with Crippen molar-refractivity contribution < 1.29 is 9.13 Å². The second kappa shape index (κ2) is 5.92. The molecule has 1 fully saturated rings. The Morgan fingerprint density at radius 1 is 1.40 bits per heavy atom. The first-order valence-corrected chi connectivity index (χ1v) is 9.05. The van der Waals surface area contributed by atoms with Crippen LogP contribution in [0.5, 0.6) is 0 Å². The summed E-state index contributed by atoms with van der Waals surface area (Å²) in [5, 5.41) is 3.63. The first-order chi connectivity index (χ1) is 11.9. The molecule has 2 unspecified atom stereocenters. The fourth-order valence-electron chi connectivity index (χ4n) is 3.94. The third kappa shape index (κ3) is 2.52. The highest BCUT2D eigenvalue weighted by atomic mass is 35.5. The molecule has 0 amide bonds. The third-order valence-corrected chi connectivity index (χ3v) is 6.08. The maximum atomic E-state index is 14.5. The van der Waals surface area contributed by atoms with Gasteiger partial charge in [0, 0.05) is 42.7 Å². The van der Waals surface area contributed by atoms with Gasteiger partial charge in [-0.25, -0.2) is 4.39 Å². The quantitative estimate of drug-likeness (QED) is 0.758. The number of benzene rings is 1. The van der Waals surface area contributed by atoms with Gasteiger partial charge in [-0.3, -0.25) is 4.90 Å². The van der Waals surface area contributed by atoms with Gasteiger partial charge in [0.25, 0.3) is 0 Å². The number of nitrogens with one attached hydrogen (secondary N) is 1. The SMILES string of the molecule is C=C1Nc2c(cc(F)c(C)c2Cl)C2=C1OCCC1CN(C)C(C)CN21. The molecule has 0 saturated carbocycles. The fraction of sp³-hybridized carbons (Fsp3) is 0.474. The van der Waals surface area contributed by atoms with Crippen molar-refractivity contribution in [2.45, 2.75) is 32.4 Å². The smallest absolute Gasteiger partial charge is 0.166 e. The minimum absolute atomic E-state index is 0.298. The van der Waals surface area contributed by atoms with Crippen LogP contribution in [0, 0.1) is 12.7 Å². The normalized spacial score (nSPS) is 26.3. The van der Waals surface area contributed by atoms with E-state index < -0.39 is 0 Å². The van der Waals surface area contributed by atoms with Crippen LogP contribution in [-0.2, 0) is 4.74 Å². The minimum atomic E-state index is -0.298. The van der Waals surface area contributed by atoms with Crippen LogP contribution in [0.2, 0.25) is 5.02 Å². The molecule has 4 nitrogen and oxygen atoms in total. The zero-order valence-electron chi connectivity index (χ0n) is 14.8. The molecule has 1 aromatic carbocycles. The standard InChI is InChI=1S/C19H23ClFN3O/c1-10-8-24-13(9-23(10)4)5-6-25-19-12(3)22-17-14(18(19)24)7-15(21)11(2)16(17)20/h7,10,13,22H,3,5-6,8-9H2,1-2,4H3. The summed E-state index contributed by atoms with van der Waals surface area (Å²) in [4.78, 5) is 4.73. The number of anilines is 1. The number of rotatable bonds is 0. The van der Waals surface area contributed by atoms with Gasteiger partial charge in [-0.2, -0.15) is 0 Å². The fourth-order valence-corrected chi connectivity index (χ4v) is 4.18. The van der Waals surface area contributed by atoms with Crippen molar-refractivity contribution in [2.24, 2.45) is 0 Å². The molecule has 25 heavy (non-hydrogen) atoms. The van der Waals surface area contributed by atoms with Crippen LogP contribution in [0.15, 0.2) is 24.1 Å². The van der Waals surface area contributed by atoms with Crippen LogP contribution in [0.4, 0.5) is 10.1 Å². The van der Waals surface area contributed by atoms with Crippen molar-refractivity contribution in [3.63, 3.8) is 0 Å². The van der Waals surface area contributed by atoms with Crippen LogP contribution < -0.4 is 5.32 Å². The number of likely N-dealkylation sites (N-methyl/N-ethyl adjacent to an activating group) is 1. The Morgan fingerprint density at radius 3 is 2.92 bits per heavy atom. The molecule has 0 aromatic heterocycles. The molecular weight excluding hydrogens is 341 g/mol. The Balaban J connectivity index is 1.91. The number of piperazine rings is 1. The third-order valence-electron chi connectivity index (χ3n) is 5.61. The van der Waals surface area contributed by atoms with Crippen molar-refractivity contribution >= 4 is 23.0 Å². The van der Waals surface area contributed by atoms with Gasteiger partial charge in [-0.15, -0.1) is 0 Å². The topological polar surface area (TPSA) is 27.7 Å². The highest BCUT2D eigenvalue weighted by Crippen LogP contribution is 2.45. The predicted octanol–water partition coefficient (Wildman–Crippen LogP) is 3.82. The first-order valence-electron chi connectivity index (χ1n) is 8.67. The van der Waals surface area contributed by atoms with Crippen molar-refractivity contribution in [1.82, 2.24) is 9.80 Å². The lowest BCUT2D eigenvalue weighted by Gasteiger charge is -2.46. The number of halogens is 2. The zero-order chi connectivity index (χ0) is 17.9. The maximum Gasteiger partial charge on any atom is 0.166 e. The largest absolute Gasteiger partial charge is 0.489 e. The summed E-state index contributed by atoms with van der Waals surface area (Å²) >= 11 is 6.45. The number of ether oxygens (including phenoxy) is 1. The minimum Gasteiger partial charge on any atom is -0.489 e. The summed E-state index contributed by atoms with van der Waals surface area (Å²) < 4.78 is 20.5. The molecule has 3 aliphatic rings. The summed E-state index contributed by atoms with van der Waals surface area (Å²) in [6, 6.07) is 2.30. The van der Waals surface area contributed by atoms with Crippen LogP contribution in [-0.4, -0.2) is 48.6 Å². The Morgan fingerprint density at radius 2 is 2.16 bits per heavy atom. The van der Waals surface area contributed by atoms with E-state index in [9.17, 15) is 4.39 Å². The lowest BCUT2D eigenvalue weighted by Crippen LogP contribution is -2.55. The van der Waals surface area contributed by atoms with E-state index in [-0.39, 0.29) is 5.82 Å². The molecule has 3 aliphatic heterocycles. The number of hydrogen-bond acceptors (Lipinski definition) is 4. The molecule has 1 saturated heterocycles. The molecule has 134 valence electrons. The molecular formula is C19H23ClFN3O. The Kier molecular flexibility index (Phi) is 3.96. The molecule has 4 rings (SSSR count). The summed E-state index contributed by atoms with van der Waals surface area (Å²) in [6.45, 7) is 10.5. The zero-order valence-corrected chi connectivity index (χ0v) is 15.6. The van der Waals surface area contributed by atoms with Gasteiger partial charge in [0.2, 0.25) is 0 Å². The second-order valence-corrected chi connectivity index (χ2v) is 7.61. The van der Waals surface area contributed by atoms with Crippen LogP contribution >= 0.6 is 11.6 Å². The average Bonchev–Trinajstić information content (AvgIpc) is 2.75. The van der Waals surface area contributed by atoms with Crippen molar-refractivity contribution in [1.29, 1.82) is 0 Å². The lowest BCUT2D eigenvalue weighted by molar-refractivity contribution is 0.0864. The van der Waals surface area contributed by atoms with Gasteiger partial charge in [0.05, 0.1) is 28.7 Å². The van der Waals surface area contributed by atoms with E-state index in [2.05, 4.69) is 35.7 Å². The van der Waals surface area contributed by atoms with Gasteiger partial charge in [-0.05, 0) is 27.0 Å². The van der Waals surface area contributed by atoms with E-state index >= 15 is 0 Å². The Hall–Kier alpha value is -1.72. The lowest BCUT2D eigenvalue weighted by atomic mass is 9.96. The average molecular weight is 364 g/mol. The van der Waals surface area contributed by atoms with E-state index in [1.807, 2.05) is 0 Å². The van der Waals surface area contributed by atoms with Crippen LogP contribution in [0.1, 0.15) is 24.5 Å². The van der Waals surface area contributed by atoms with Crippen molar-refractivity contribution in [3.8, 4) is 0 Å². The van der Waals surface area contributed by atoms with E-state index in [0.717, 1.165) is 36.5 Å². The number of nitrogens with zero attached hydrogens (tertiary/aromatic N) is 2. The first kappa shape index (κ1) is 16.7. The Bertz CT molecular complexity index is 791. The molecule has 0 aliphatic carbocycles. The molecule has 2 atom stereocenters. The van der Waals surface area contributed by atoms with Gasteiger partial charge < -0.3 is 15.0 Å². The van der Waals surface area contributed by atoms with Crippen LogP contribution in [0.3, 0.4) is 0 Å². The van der Waals surface area contributed by atoms with E-state index in [1.165, 1.54) is 0 Å². The predicted molar refractivity (Wildman–Crippen MR) is 99.0 cm³/mol. The second-order valence-electron chi connectivity index (χ2n) is 7.23. The van der Waals surface area contributed by atoms with E-state index in [4.69, 9.17) is 16.3 Å². The summed E-state index contributed by atoms with van der Waals surface area (Å²) in [5.41, 5.74) is 3.53. The summed E-state index contributed by atoms with van der Waals surface area (Å²) in [5.74, 6) is 0.416. The van der Waals surface area contributed by atoms with Crippen molar-refractivity contribution in [3.05, 3.63) is 46.1 Å². The monoisotopic (exact) mass is 363 g/mol. The summed E-state index contributed by atoms with van der Waals surface area (Å²) in [7, 11) is 2.15. The molecule has 0 spiro atoms. The van der Waals surface area contributed by atoms with E-state index in [1.54, 1.807) is 13.0 Å². The van der Waals surface area contributed by atoms with Crippen molar-refractivity contribution in [2.75, 3.05) is 32.1 Å². The number of fused-ring (bicyclic) bond motifs is 4. The van der Waals surface area contributed by atoms with E-state index in [0.29, 0.717) is 40.7 Å². The highest BCUT2D eigenvalue weighted by molar-refractivity contribution is 6.34. The Labute approximate surface area is 152 Å². The maximum absolute atomic E-state index is 14.5. The van der Waals surface area contributed by atoms with Gasteiger partial charge in [0.1, 0.15) is 5.82 Å². The van der Waals surface area contributed by atoms with Gasteiger partial charge in [0.15, 0.2) is 5.76 Å². The molecule has 1 aromatic rings. The summed E-state index contributed by atoms with van der Waals surface area (Å²) in [6.07, 6.45) is 0.925. The molecule has 1 N–H and O–H groups in total. The molecule has 0 bridgehead atoms. The molecule has 0 radical (unpaired) electrons. The molecule has 6 heteroatoms. The highest BCUT2D eigenvalue weighted by Gasteiger charge is 2.39. The van der Waals surface area contributed by atoms with Gasteiger partial charge in [-0.1, -0.05) is 18.2 Å². The number of hydrogen-bond donors (Lipinski definition) is 1. The van der Waals surface area contributed by atoms with Gasteiger partial charge >= 0.3 is 0 Å². The molecule has 3 heterocycles.